The van der Waals surface area contributed by atoms with Gasteiger partial charge in [0.2, 0.25) is 0 Å². The summed E-state index contributed by atoms with van der Waals surface area (Å²) in [5.41, 5.74) is 13.1. The second-order valence-electron chi connectivity index (χ2n) is 5.73. The number of amides is 1. The Bertz CT molecular complexity index is 1030. The molecule has 7 heteroatoms. The fourth-order valence-corrected chi connectivity index (χ4v) is 2.70. The molecule has 0 aromatic heterocycles. The molecule has 3 aromatic carbocycles. The minimum Gasteiger partial charge on any atom is -0.384 e. The Labute approximate surface area is 150 Å². The van der Waals surface area contributed by atoms with E-state index in [-0.39, 0.29) is 17.7 Å². The number of benzene rings is 3. The summed E-state index contributed by atoms with van der Waals surface area (Å²) in [5, 5.41) is 22.2. The summed E-state index contributed by atoms with van der Waals surface area (Å²) in [6, 6.07) is 17.7. The van der Waals surface area contributed by atoms with E-state index < -0.39 is 0 Å². The van der Waals surface area contributed by atoms with Crippen molar-refractivity contribution in [3.05, 3.63) is 71.8 Å². The van der Waals surface area contributed by atoms with Gasteiger partial charge in [0.15, 0.2) is 5.96 Å². The number of nitrogen functional groups attached to an aromatic ring is 1. The molecule has 26 heavy (non-hydrogen) atoms. The average molecular weight is 346 g/mol. The number of hydrogen-bond donors (Lipinski definition) is 6. The van der Waals surface area contributed by atoms with Gasteiger partial charge in [0.1, 0.15) is 5.84 Å². The fourth-order valence-electron chi connectivity index (χ4n) is 2.70. The predicted octanol–water partition coefficient (Wildman–Crippen LogP) is 2.68. The molecule has 0 spiro atoms. The molecule has 0 aliphatic carbocycles. The topological polar surface area (TPSA) is 141 Å². The van der Waals surface area contributed by atoms with E-state index in [1.807, 2.05) is 30.3 Å². The minimum absolute atomic E-state index is 0.0649. The molecule has 0 unspecified atom stereocenters. The molecular formula is C19H18N6O. The van der Waals surface area contributed by atoms with Crippen LogP contribution in [0.4, 0.5) is 11.4 Å². The number of amidine groups is 1. The van der Waals surface area contributed by atoms with Gasteiger partial charge in [-0.3, -0.25) is 15.6 Å². The van der Waals surface area contributed by atoms with Gasteiger partial charge in [0.05, 0.1) is 0 Å². The van der Waals surface area contributed by atoms with E-state index >= 15 is 0 Å². The van der Waals surface area contributed by atoms with E-state index in [2.05, 4.69) is 10.6 Å². The van der Waals surface area contributed by atoms with Crippen LogP contribution in [0.25, 0.3) is 10.8 Å². The first-order valence-corrected chi connectivity index (χ1v) is 7.83. The first-order valence-electron chi connectivity index (χ1n) is 7.83. The van der Waals surface area contributed by atoms with Gasteiger partial charge in [0, 0.05) is 22.5 Å². The zero-order chi connectivity index (χ0) is 18.7. The second-order valence-corrected chi connectivity index (χ2v) is 5.73. The Morgan fingerprint density at radius 2 is 1.62 bits per heavy atom. The zero-order valence-electron chi connectivity index (χ0n) is 13.8. The molecule has 1 amide bonds. The van der Waals surface area contributed by atoms with Crippen LogP contribution >= 0.6 is 0 Å². The molecule has 0 bridgehead atoms. The van der Waals surface area contributed by atoms with Crippen LogP contribution in [0.2, 0.25) is 0 Å². The van der Waals surface area contributed by atoms with Crippen LogP contribution in [0.1, 0.15) is 15.9 Å². The Balaban J connectivity index is 1.92. The Morgan fingerprint density at radius 1 is 0.846 bits per heavy atom. The summed E-state index contributed by atoms with van der Waals surface area (Å²) in [6.07, 6.45) is 0. The molecule has 0 aliphatic rings. The maximum Gasteiger partial charge on any atom is 0.255 e. The fraction of sp³-hybridized carbons (Fsp3) is 0. The number of nitrogens with two attached hydrogens (primary N) is 2. The van der Waals surface area contributed by atoms with Crippen molar-refractivity contribution in [2.24, 2.45) is 11.5 Å². The summed E-state index contributed by atoms with van der Waals surface area (Å²) in [5.74, 6) is -0.588. The average Bonchev–Trinajstić information content (AvgIpc) is 2.60. The molecule has 3 aromatic rings. The summed E-state index contributed by atoms with van der Waals surface area (Å²) in [4.78, 5) is 12.6. The first-order chi connectivity index (χ1) is 12.4. The highest BCUT2D eigenvalue weighted by molar-refractivity contribution is 6.11. The van der Waals surface area contributed by atoms with Gasteiger partial charge in [-0.1, -0.05) is 30.3 Å². The Hall–Kier alpha value is -3.87. The van der Waals surface area contributed by atoms with Gasteiger partial charge < -0.3 is 22.1 Å². The highest BCUT2D eigenvalue weighted by atomic mass is 16.1. The van der Waals surface area contributed by atoms with Crippen molar-refractivity contribution in [1.82, 2.24) is 0 Å². The van der Waals surface area contributed by atoms with E-state index in [9.17, 15) is 4.79 Å². The Kier molecular flexibility index (Phi) is 4.53. The van der Waals surface area contributed by atoms with Crippen LogP contribution in [-0.2, 0) is 0 Å². The molecule has 0 saturated heterocycles. The van der Waals surface area contributed by atoms with Crippen molar-refractivity contribution in [2.75, 3.05) is 10.6 Å². The predicted molar refractivity (Wildman–Crippen MR) is 105 cm³/mol. The number of nitrogens with one attached hydrogen (secondary N) is 4. The van der Waals surface area contributed by atoms with E-state index in [4.69, 9.17) is 22.3 Å². The summed E-state index contributed by atoms with van der Waals surface area (Å²) >= 11 is 0. The Morgan fingerprint density at radius 3 is 2.35 bits per heavy atom. The number of hydrogen-bond acceptors (Lipinski definition) is 3. The van der Waals surface area contributed by atoms with Gasteiger partial charge in [-0.05, 0) is 41.1 Å². The molecule has 0 atom stereocenters. The third-order valence-corrected chi connectivity index (χ3v) is 3.81. The summed E-state index contributed by atoms with van der Waals surface area (Å²) in [7, 11) is 0. The van der Waals surface area contributed by atoms with Crippen molar-refractivity contribution < 1.29 is 4.79 Å². The van der Waals surface area contributed by atoms with E-state index in [1.54, 1.807) is 30.3 Å². The SMILES string of the molecule is N=C(N)Nc1cccc(C(=O)Nc2cc(C(=N)N)c3ccccc3c2)c1. The number of rotatable bonds is 4. The molecule has 0 heterocycles. The highest BCUT2D eigenvalue weighted by Gasteiger charge is 2.11. The summed E-state index contributed by atoms with van der Waals surface area (Å²) < 4.78 is 0. The van der Waals surface area contributed by atoms with Crippen molar-refractivity contribution in [2.45, 2.75) is 0 Å². The van der Waals surface area contributed by atoms with Crippen LogP contribution in [-0.4, -0.2) is 17.7 Å². The molecule has 130 valence electrons. The quantitative estimate of drug-likeness (QED) is 0.319. The number of guanidine groups is 1. The lowest BCUT2D eigenvalue weighted by Gasteiger charge is -2.11. The van der Waals surface area contributed by atoms with Gasteiger partial charge in [-0.25, -0.2) is 0 Å². The van der Waals surface area contributed by atoms with Crippen LogP contribution in [0.15, 0.2) is 60.7 Å². The highest BCUT2D eigenvalue weighted by Crippen LogP contribution is 2.24. The maximum atomic E-state index is 12.6. The molecule has 0 saturated carbocycles. The molecular weight excluding hydrogens is 328 g/mol. The monoisotopic (exact) mass is 346 g/mol. The first kappa shape index (κ1) is 17.0. The van der Waals surface area contributed by atoms with Crippen molar-refractivity contribution in [3.63, 3.8) is 0 Å². The summed E-state index contributed by atoms with van der Waals surface area (Å²) in [6.45, 7) is 0. The van der Waals surface area contributed by atoms with Crippen molar-refractivity contribution in [3.8, 4) is 0 Å². The largest absolute Gasteiger partial charge is 0.384 e. The number of fused-ring (bicyclic) bond motifs is 1. The maximum absolute atomic E-state index is 12.6. The standard InChI is InChI=1S/C19H18N6O/c20-17(21)16-10-14(8-11-4-1-2-7-15(11)16)24-18(26)12-5-3-6-13(9-12)25-19(22)23/h1-10H,(H3,20,21)(H,24,26)(H4,22,23,25). The third kappa shape index (κ3) is 3.62. The van der Waals surface area contributed by atoms with Crippen LogP contribution in [0.3, 0.4) is 0 Å². The lowest BCUT2D eigenvalue weighted by atomic mass is 10.0. The van der Waals surface area contributed by atoms with Gasteiger partial charge in [-0.15, -0.1) is 0 Å². The van der Waals surface area contributed by atoms with E-state index in [1.165, 1.54) is 0 Å². The van der Waals surface area contributed by atoms with Crippen molar-refractivity contribution in [1.29, 1.82) is 10.8 Å². The third-order valence-electron chi connectivity index (χ3n) is 3.81. The van der Waals surface area contributed by atoms with Gasteiger partial charge >= 0.3 is 0 Å². The van der Waals surface area contributed by atoms with E-state index in [0.29, 0.717) is 22.5 Å². The van der Waals surface area contributed by atoms with Crippen LogP contribution < -0.4 is 22.1 Å². The smallest absolute Gasteiger partial charge is 0.255 e. The van der Waals surface area contributed by atoms with Crippen LogP contribution in [0.5, 0.6) is 0 Å². The second kappa shape index (κ2) is 6.94. The van der Waals surface area contributed by atoms with Crippen molar-refractivity contribution >= 4 is 39.8 Å². The minimum atomic E-state index is -0.318. The molecule has 0 fully saturated rings. The van der Waals surface area contributed by atoms with Gasteiger partial charge in [0.25, 0.3) is 5.91 Å². The lowest BCUT2D eigenvalue weighted by Crippen LogP contribution is -2.21. The normalized spacial score (nSPS) is 10.3. The van der Waals surface area contributed by atoms with Crippen LogP contribution in [0, 0.1) is 10.8 Å². The molecule has 0 aliphatic heterocycles. The molecule has 0 radical (unpaired) electrons. The molecule has 3 rings (SSSR count). The van der Waals surface area contributed by atoms with Gasteiger partial charge in [-0.2, -0.15) is 0 Å². The lowest BCUT2D eigenvalue weighted by molar-refractivity contribution is 0.102. The number of carbonyl (C=O) groups excluding carboxylic acids is 1. The molecule has 7 nitrogen and oxygen atoms in total. The van der Waals surface area contributed by atoms with E-state index in [0.717, 1.165) is 10.8 Å². The number of carbonyl (C=O) groups is 1. The molecule has 8 N–H and O–H groups in total. The zero-order valence-corrected chi connectivity index (χ0v) is 13.8. The number of anilines is 2.